The van der Waals surface area contributed by atoms with Crippen molar-refractivity contribution in [2.45, 2.75) is 20.0 Å². The van der Waals surface area contributed by atoms with Gasteiger partial charge in [0.15, 0.2) is 5.96 Å². The highest BCUT2D eigenvalue weighted by Crippen LogP contribution is 2.19. The van der Waals surface area contributed by atoms with E-state index in [0.29, 0.717) is 24.9 Å². The first-order valence-electron chi connectivity index (χ1n) is 8.77. The Balaban J connectivity index is 1.54. The van der Waals surface area contributed by atoms with Crippen molar-refractivity contribution in [1.82, 2.24) is 15.6 Å². The summed E-state index contributed by atoms with van der Waals surface area (Å²) in [6.07, 6.45) is 1.66. The average Bonchev–Trinajstić information content (AvgIpc) is 3.18. The highest BCUT2D eigenvalue weighted by Gasteiger charge is 2.07. The molecule has 27 heavy (non-hydrogen) atoms. The molecular formula is C21H24N4O2. The summed E-state index contributed by atoms with van der Waals surface area (Å²) < 4.78 is 10.8. The van der Waals surface area contributed by atoms with E-state index in [4.69, 9.17) is 9.15 Å². The molecule has 0 radical (unpaired) electrons. The molecule has 0 unspecified atom stereocenters. The summed E-state index contributed by atoms with van der Waals surface area (Å²) in [6, 6.07) is 16.0. The number of aromatic nitrogens is 1. The van der Waals surface area contributed by atoms with Gasteiger partial charge in [-0.3, -0.25) is 4.99 Å². The summed E-state index contributed by atoms with van der Waals surface area (Å²) in [6.45, 7) is 3.22. The van der Waals surface area contributed by atoms with Crippen LogP contribution in [0.2, 0.25) is 0 Å². The van der Waals surface area contributed by atoms with Crippen molar-refractivity contribution in [3.05, 3.63) is 71.6 Å². The van der Waals surface area contributed by atoms with E-state index in [1.807, 2.05) is 48.5 Å². The lowest BCUT2D eigenvalue weighted by Gasteiger charge is -2.11. The van der Waals surface area contributed by atoms with Gasteiger partial charge in [-0.1, -0.05) is 29.8 Å². The van der Waals surface area contributed by atoms with Crippen LogP contribution in [0.25, 0.3) is 11.5 Å². The van der Waals surface area contributed by atoms with Gasteiger partial charge in [0.2, 0.25) is 5.89 Å². The molecule has 0 saturated carbocycles. The zero-order valence-electron chi connectivity index (χ0n) is 15.8. The average molecular weight is 364 g/mol. The van der Waals surface area contributed by atoms with E-state index in [2.05, 4.69) is 27.5 Å². The number of ether oxygens (including phenoxy) is 1. The van der Waals surface area contributed by atoms with Gasteiger partial charge in [-0.15, -0.1) is 0 Å². The monoisotopic (exact) mass is 364 g/mol. The lowest BCUT2D eigenvalue weighted by atomic mass is 10.1. The van der Waals surface area contributed by atoms with E-state index in [1.54, 1.807) is 20.4 Å². The molecule has 2 aromatic carbocycles. The van der Waals surface area contributed by atoms with E-state index in [-0.39, 0.29) is 0 Å². The summed E-state index contributed by atoms with van der Waals surface area (Å²) in [5.41, 5.74) is 4.10. The molecule has 3 aromatic rings. The predicted molar refractivity (Wildman–Crippen MR) is 107 cm³/mol. The summed E-state index contributed by atoms with van der Waals surface area (Å²) in [4.78, 5) is 8.77. The molecule has 0 atom stereocenters. The van der Waals surface area contributed by atoms with Crippen molar-refractivity contribution in [2.75, 3.05) is 14.2 Å². The molecule has 0 amide bonds. The SMILES string of the molecule is CN=C(NCc1cccc(OC)c1)NCc1coc(-c2ccc(C)cc2)n1. The number of aryl methyl sites for hydroxylation is 1. The Bertz CT molecular complexity index is 901. The number of benzene rings is 2. The molecule has 3 rings (SSSR count). The first-order chi connectivity index (χ1) is 13.2. The van der Waals surface area contributed by atoms with Gasteiger partial charge in [0.1, 0.15) is 12.0 Å². The van der Waals surface area contributed by atoms with Gasteiger partial charge in [-0.05, 0) is 36.8 Å². The molecular weight excluding hydrogens is 340 g/mol. The van der Waals surface area contributed by atoms with Gasteiger partial charge in [0, 0.05) is 19.2 Å². The summed E-state index contributed by atoms with van der Waals surface area (Å²) >= 11 is 0. The number of nitrogens with zero attached hydrogens (tertiary/aromatic N) is 2. The summed E-state index contributed by atoms with van der Waals surface area (Å²) in [5.74, 6) is 2.15. The molecule has 0 saturated heterocycles. The lowest BCUT2D eigenvalue weighted by Crippen LogP contribution is -2.36. The number of hydrogen-bond donors (Lipinski definition) is 2. The second kappa shape index (κ2) is 8.89. The van der Waals surface area contributed by atoms with Crippen LogP contribution in [0.15, 0.2) is 64.2 Å². The Kier molecular flexibility index (Phi) is 6.10. The van der Waals surface area contributed by atoms with Crippen LogP contribution in [0.4, 0.5) is 0 Å². The normalized spacial score (nSPS) is 11.3. The molecule has 2 N–H and O–H groups in total. The Morgan fingerprint density at radius 2 is 1.89 bits per heavy atom. The Labute approximate surface area is 159 Å². The highest BCUT2D eigenvalue weighted by atomic mass is 16.5. The molecule has 140 valence electrons. The van der Waals surface area contributed by atoms with Crippen LogP contribution in [0.5, 0.6) is 5.75 Å². The van der Waals surface area contributed by atoms with E-state index in [0.717, 1.165) is 22.6 Å². The minimum atomic E-state index is 0.521. The summed E-state index contributed by atoms with van der Waals surface area (Å²) in [5, 5.41) is 6.52. The van der Waals surface area contributed by atoms with Gasteiger partial charge in [0.25, 0.3) is 0 Å². The quantitative estimate of drug-likeness (QED) is 0.517. The minimum Gasteiger partial charge on any atom is -0.497 e. The van der Waals surface area contributed by atoms with E-state index in [1.165, 1.54) is 5.56 Å². The van der Waals surface area contributed by atoms with Crippen LogP contribution in [-0.4, -0.2) is 25.1 Å². The maximum Gasteiger partial charge on any atom is 0.226 e. The molecule has 1 heterocycles. The third-order valence-corrected chi connectivity index (χ3v) is 4.10. The van der Waals surface area contributed by atoms with Crippen molar-refractivity contribution in [3.63, 3.8) is 0 Å². The van der Waals surface area contributed by atoms with Gasteiger partial charge in [0.05, 0.1) is 19.3 Å². The van der Waals surface area contributed by atoms with Crippen LogP contribution in [0, 0.1) is 6.92 Å². The minimum absolute atomic E-state index is 0.521. The molecule has 0 aliphatic heterocycles. The summed E-state index contributed by atoms with van der Waals surface area (Å²) in [7, 11) is 3.40. The van der Waals surface area contributed by atoms with Crippen molar-refractivity contribution in [2.24, 2.45) is 4.99 Å². The van der Waals surface area contributed by atoms with Crippen LogP contribution in [-0.2, 0) is 13.1 Å². The van der Waals surface area contributed by atoms with E-state index in [9.17, 15) is 0 Å². The number of guanidine groups is 1. The lowest BCUT2D eigenvalue weighted by molar-refractivity contribution is 0.414. The molecule has 6 nitrogen and oxygen atoms in total. The molecule has 0 fully saturated rings. The van der Waals surface area contributed by atoms with E-state index >= 15 is 0 Å². The Morgan fingerprint density at radius 1 is 1.11 bits per heavy atom. The molecule has 0 aliphatic rings. The smallest absolute Gasteiger partial charge is 0.226 e. The maximum atomic E-state index is 5.59. The fourth-order valence-electron chi connectivity index (χ4n) is 2.58. The van der Waals surface area contributed by atoms with Crippen molar-refractivity contribution in [3.8, 4) is 17.2 Å². The number of oxazole rings is 1. The van der Waals surface area contributed by atoms with Gasteiger partial charge in [-0.2, -0.15) is 0 Å². The maximum absolute atomic E-state index is 5.59. The molecule has 1 aromatic heterocycles. The number of rotatable bonds is 6. The van der Waals surface area contributed by atoms with Crippen molar-refractivity contribution >= 4 is 5.96 Å². The van der Waals surface area contributed by atoms with Crippen LogP contribution in [0.3, 0.4) is 0 Å². The highest BCUT2D eigenvalue weighted by molar-refractivity contribution is 5.79. The topological polar surface area (TPSA) is 71.7 Å². The van der Waals surface area contributed by atoms with Gasteiger partial charge < -0.3 is 19.8 Å². The second-order valence-electron chi connectivity index (χ2n) is 6.14. The number of methoxy groups -OCH3 is 1. The third kappa shape index (κ3) is 5.10. The molecule has 0 aliphatic carbocycles. The fraction of sp³-hybridized carbons (Fsp3) is 0.238. The number of aliphatic imine (C=N–C) groups is 1. The molecule has 0 bridgehead atoms. The zero-order chi connectivity index (χ0) is 19.1. The number of nitrogens with one attached hydrogen (secondary N) is 2. The first kappa shape index (κ1) is 18.5. The largest absolute Gasteiger partial charge is 0.497 e. The van der Waals surface area contributed by atoms with Gasteiger partial charge >= 0.3 is 0 Å². The van der Waals surface area contributed by atoms with Crippen LogP contribution < -0.4 is 15.4 Å². The second-order valence-corrected chi connectivity index (χ2v) is 6.14. The molecule has 0 spiro atoms. The van der Waals surface area contributed by atoms with Crippen LogP contribution in [0.1, 0.15) is 16.8 Å². The third-order valence-electron chi connectivity index (χ3n) is 4.10. The zero-order valence-corrected chi connectivity index (χ0v) is 15.8. The van der Waals surface area contributed by atoms with Gasteiger partial charge in [-0.25, -0.2) is 4.98 Å². The Morgan fingerprint density at radius 3 is 2.63 bits per heavy atom. The van der Waals surface area contributed by atoms with Crippen molar-refractivity contribution in [1.29, 1.82) is 0 Å². The first-order valence-corrected chi connectivity index (χ1v) is 8.77. The van der Waals surface area contributed by atoms with E-state index < -0.39 is 0 Å². The van der Waals surface area contributed by atoms with Crippen molar-refractivity contribution < 1.29 is 9.15 Å². The fourth-order valence-corrected chi connectivity index (χ4v) is 2.58. The predicted octanol–water partition coefficient (Wildman–Crippen LogP) is 3.52. The van der Waals surface area contributed by atoms with Crippen LogP contribution >= 0.6 is 0 Å². The number of hydrogen-bond acceptors (Lipinski definition) is 4. The Hall–Kier alpha value is -3.28. The standard InChI is InChI=1S/C21H24N4O2/c1-15-7-9-17(10-8-15)20-25-18(14-27-20)13-24-21(22-2)23-12-16-5-4-6-19(11-16)26-3/h4-11,14H,12-13H2,1-3H3,(H2,22,23,24). The molecule has 6 heteroatoms.